The van der Waals surface area contributed by atoms with E-state index in [1.54, 1.807) is 29.3 Å². The zero-order valence-electron chi connectivity index (χ0n) is 17.3. The van der Waals surface area contributed by atoms with Gasteiger partial charge in [0.2, 0.25) is 5.91 Å². The number of fused-ring (bicyclic) bond motifs is 1. The van der Waals surface area contributed by atoms with Crippen LogP contribution in [-0.2, 0) is 4.79 Å². The van der Waals surface area contributed by atoms with E-state index < -0.39 is 5.91 Å². The maximum atomic E-state index is 12.3. The second-order valence-electron chi connectivity index (χ2n) is 7.59. The van der Waals surface area contributed by atoms with Gasteiger partial charge in [0.05, 0.1) is 29.8 Å². The molecule has 8 nitrogen and oxygen atoms in total. The van der Waals surface area contributed by atoms with Crippen LogP contribution in [0.3, 0.4) is 0 Å². The summed E-state index contributed by atoms with van der Waals surface area (Å²) in [6.07, 6.45) is 3.42. The van der Waals surface area contributed by atoms with E-state index in [4.69, 9.17) is 20.5 Å². The van der Waals surface area contributed by atoms with Crippen LogP contribution in [0.5, 0.6) is 11.5 Å². The number of likely N-dealkylation sites (tertiary alicyclic amines) is 1. The lowest BCUT2D eigenvalue weighted by molar-refractivity contribution is -0.133. The smallest absolute Gasteiger partial charge is 0.252 e. The van der Waals surface area contributed by atoms with Gasteiger partial charge in [-0.05, 0) is 44.9 Å². The average molecular weight is 410 g/mol. The zero-order chi connectivity index (χ0) is 21.7. The molecular formula is C22H26N4O4. The van der Waals surface area contributed by atoms with E-state index in [0.717, 1.165) is 12.8 Å². The first-order valence-electron chi connectivity index (χ1n) is 10.1. The Morgan fingerprint density at radius 3 is 2.87 bits per heavy atom. The van der Waals surface area contributed by atoms with Crippen LogP contribution in [0.15, 0.2) is 24.4 Å². The number of primary amides is 1. The van der Waals surface area contributed by atoms with Crippen LogP contribution >= 0.6 is 0 Å². The lowest BCUT2D eigenvalue weighted by atomic mass is 10.1. The van der Waals surface area contributed by atoms with Gasteiger partial charge in [0.15, 0.2) is 0 Å². The number of amides is 2. The summed E-state index contributed by atoms with van der Waals surface area (Å²) in [5, 5.41) is 9.42. The Hall–Kier alpha value is -3.34. The van der Waals surface area contributed by atoms with Gasteiger partial charge in [0, 0.05) is 31.0 Å². The number of nitrogens with two attached hydrogens (primary N) is 1. The summed E-state index contributed by atoms with van der Waals surface area (Å²) in [6, 6.07) is 7.12. The number of benzene rings is 1. The summed E-state index contributed by atoms with van der Waals surface area (Å²) in [5.74, 6) is 0.392. The Kier molecular flexibility index (Phi) is 6.72. The number of ether oxygens (including phenoxy) is 2. The van der Waals surface area contributed by atoms with Crippen LogP contribution in [-0.4, -0.2) is 47.0 Å². The molecule has 1 aromatic heterocycles. The molecule has 2 N–H and O–H groups in total. The van der Waals surface area contributed by atoms with Gasteiger partial charge in [-0.2, -0.15) is 5.26 Å². The third-order valence-corrected chi connectivity index (χ3v) is 4.91. The third kappa shape index (κ3) is 4.98. The first-order chi connectivity index (χ1) is 14.4. The Morgan fingerprint density at radius 2 is 2.17 bits per heavy atom. The predicted molar refractivity (Wildman–Crippen MR) is 111 cm³/mol. The Balaban J connectivity index is 1.86. The second-order valence-corrected chi connectivity index (χ2v) is 7.59. The van der Waals surface area contributed by atoms with E-state index in [9.17, 15) is 9.59 Å². The van der Waals surface area contributed by atoms with E-state index in [1.165, 1.54) is 0 Å². The van der Waals surface area contributed by atoms with Crippen molar-refractivity contribution in [1.29, 1.82) is 5.26 Å². The quantitative estimate of drug-likeness (QED) is 0.750. The van der Waals surface area contributed by atoms with Crippen molar-refractivity contribution >= 4 is 22.7 Å². The Morgan fingerprint density at radius 1 is 1.37 bits per heavy atom. The van der Waals surface area contributed by atoms with Crippen molar-refractivity contribution < 1.29 is 19.1 Å². The first-order valence-corrected chi connectivity index (χ1v) is 10.1. The third-order valence-electron chi connectivity index (χ3n) is 4.91. The number of nitrogens with zero attached hydrogens (tertiary/aromatic N) is 3. The molecule has 1 aliphatic rings. The number of nitriles is 1. The molecule has 1 aromatic carbocycles. The number of carbonyl (C=O) groups excluding carboxylic acids is 2. The number of piperidine rings is 1. The molecule has 1 saturated heterocycles. The summed E-state index contributed by atoms with van der Waals surface area (Å²) in [4.78, 5) is 30.2. The molecule has 158 valence electrons. The Bertz CT molecular complexity index is 983. The van der Waals surface area contributed by atoms with Gasteiger partial charge in [-0.3, -0.25) is 14.6 Å². The molecule has 2 aromatic rings. The maximum Gasteiger partial charge on any atom is 0.252 e. The lowest BCUT2D eigenvalue weighted by Gasteiger charge is -2.33. The monoisotopic (exact) mass is 410 g/mol. The highest BCUT2D eigenvalue weighted by molar-refractivity contribution is 6.01. The summed E-state index contributed by atoms with van der Waals surface area (Å²) in [7, 11) is 0. The highest BCUT2D eigenvalue weighted by Gasteiger charge is 2.25. The average Bonchev–Trinajstić information content (AvgIpc) is 2.71. The van der Waals surface area contributed by atoms with Gasteiger partial charge in [0.25, 0.3) is 5.91 Å². The minimum absolute atomic E-state index is 0.0249. The highest BCUT2D eigenvalue weighted by atomic mass is 16.5. The van der Waals surface area contributed by atoms with Crippen molar-refractivity contribution in [3.8, 4) is 17.6 Å². The molecular weight excluding hydrogens is 384 g/mol. The van der Waals surface area contributed by atoms with E-state index in [-0.39, 0.29) is 36.5 Å². The van der Waals surface area contributed by atoms with E-state index >= 15 is 0 Å². The first kappa shape index (κ1) is 21.4. The minimum Gasteiger partial charge on any atom is -0.490 e. The predicted octanol–water partition coefficient (Wildman–Crippen LogP) is 2.79. The summed E-state index contributed by atoms with van der Waals surface area (Å²) < 4.78 is 12.0. The fraction of sp³-hybridized carbons (Fsp3) is 0.455. The summed E-state index contributed by atoms with van der Waals surface area (Å²) in [6.45, 7) is 4.89. The van der Waals surface area contributed by atoms with Crippen LogP contribution in [0, 0.1) is 11.3 Å². The van der Waals surface area contributed by atoms with Crippen LogP contribution in [0.25, 0.3) is 10.9 Å². The number of pyridine rings is 1. The summed E-state index contributed by atoms with van der Waals surface area (Å²) in [5.41, 5.74) is 6.36. The molecule has 3 rings (SSSR count). The number of hydrogen-bond acceptors (Lipinski definition) is 6. The summed E-state index contributed by atoms with van der Waals surface area (Å²) >= 11 is 0. The molecule has 1 atom stereocenters. The van der Waals surface area contributed by atoms with Crippen LogP contribution in [0.1, 0.15) is 49.9 Å². The van der Waals surface area contributed by atoms with Gasteiger partial charge in [-0.1, -0.05) is 0 Å². The largest absolute Gasteiger partial charge is 0.490 e. The molecule has 1 aliphatic heterocycles. The van der Waals surface area contributed by atoms with Crippen molar-refractivity contribution in [1.82, 2.24) is 9.88 Å². The zero-order valence-corrected chi connectivity index (χ0v) is 17.3. The normalized spacial score (nSPS) is 16.3. The second kappa shape index (κ2) is 9.44. The number of hydrogen-bond donors (Lipinski definition) is 1. The number of aromatic nitrogens is 1. The van der Waals surface area contributed by atoms with Crippen molar-refractivity contribution in [2.75, 3.05) is 13.1 Å². The van der Waals surface area contributed by atoms with Gasteiger partial charge in [-0.25, -0.2) is 0 Å². The van der Waals surface area contributed by atoms with E-state index in [1.807, 2.05) is 19.9 Å². The lowest BCUT2D eigenvalue weighted by Crippen LogP contribution is -2.44. The fourth-order valence-electron chi connectivity index (χ4n) is 3.56. The number of rotatable bonds is 7. The van der Waals surface area contributed by atoms with E-state index in [0.29, 0.717) is 35.5 Å². The van der Waals surface area contributed by atoms with Gasteiger partial charge in [-0.15, -0.1) is 0 Å². The standard InChI is InChI=1S/C22H26N4O4/c1-14(2)29-20-12-16-18(11-17(20)22(24)28)25-9-7-19(16)30-15-5-4-10-26(13-15)21(27)6-3-8-23/h7,9,11-12,14-15H,3-6,10,13H2,1-2H3,(H2,24,28)/t15-/m1/s1. The van der Waals surface area contributed by atoms with Crippen LogP contribution in [0.4, 0.5) is 0 Å². The van der Waals surface area contributed by atoms with Crippen molar-refractivity contribution in [2.45, 2.75) is 51.7 Å². The maximum absolute atomic E-state index is 12.3. The molecule has 2 amide bonds. The van der Waals surface area contributed by atoms with Gasteiger partial charge in [0.1, 0.15) is 17.6 Å². The molecule has 30 heavy (non-hydrogen) atoms. The van der Waals surface area contributed by atoms with Crippen molar-refractivity contribution in [3.05, 3.63) is 30.0 Å². The van der Waals surface area contributed by atoms with Crippen molar-refractivity contribution in [2.24, 2.45) is 5.73 Å². The molecule has 0 aliphatic carbocycles. The molecule has 0 bridgehead atoms. The Labute approximate surface area is 175 Å². The van der Waals surface area contributed by atoms with Gasteiger partial charge < -0.3 is 20.1 Å². The highest BCUT2D eigenvalue weighted by Crippen LogP contribution is 2.32. The molecule has 0 spiro atoms. The fourth-order valence-corrected chi connectivity index (χ4v) is 3.56. The molecule has 1 fully saturated rings. The van der Waals surface area contributed by atoms with E-state index in [2.05, 4.69) is 4.98 Å². The molecule has 8 heteroatoms. The molecule has 2 heterocycles. The minimum atomic E-state index is -0.584. The SMILES string of the molecule is CC(C)Oc1cc2c(O[C@@H]3CCCN(C(=O)CCC#N)C3)ccnc2cc1C(N)=O. The van der Waals surface area contributed by atoms with Crippen LogP contribution in [0.2, 0.25) is 0 Å². The van der Waals surface area contributed by atoms with Crippen LogP contribution < -0.4 is 15.2 Å². The topological polar surface area (TPSA) is 119 Å². The molecule has 0 saturated carbocycles. The molecule has 0 unspecified atom stereocenters. The van der Waals surface area contributed by atoms with Gasteiger partial charge >= 0.3 is 0 Å². The molecule has 0 radical (unpaired) electrons. The number of carbonyl (C=O) groups is 2. The van der Waals surface area contributed by atoms with Crippen molar-refractivity contribution in [3.63, 3.8) is 0 Å².